The van der Waals surface area contributed by atoms with Crippen LogP contribution >= 0.6 is 15.9 Å². The van der Waals surface area contributed by atoms with Gasteiger partial charge in [-0.1, -0.05) is 0 Å². The van der Waals surface area contributed by atoms with E-state index >= 15 is 0 Å². The molecular weight excluding hydrogens is 232 g/mol. The monoisotopic (exact) mass is 240 g/mol. The maximum atomic E-state index is 5.45. The van der Waals surface area contributed by atoms with Crippen LogP contribution in [0.25, 0.3) is 11.1 Å². The smallest absolute Gasteiger partial charge is 0.226 e. The third kappa shape index (κ3) is 1.73. The highest BCUT2D eigenvalue weighted by molar-refractivity contribution is 9.10. The van der Waals surface area contributed by atoms with Crippen molar-refractivity contribution in [2.75, 3.05) is 6.54 Å². The first kappa shape index (κ1) is 8.72. The molecule has 0 aliphatic rings. The van der Waals surface area contributed by atoms with Gasteiger partial charge in [0.05, 0.1) is 0 Å². The van der Waals surface area contributed by atoms with Gasteiger partial charge >= 0.3 is 0 Å². The zero-order valence-electron chi connectivity index (χ0n) is 6.96. The number of halogens is 1. The summed E-state index contributed by atoms with van der Waals surface area (Å²) < 4.78 is 6.41. The molecule has 0 aliphatic carbocycles. The molecule has 0 saturated carbocycles. The second-order valence-electron chi connectivity index (χ2n) is 2.80. The molecule has 0 atom stereocenters. The number of nitrogens with zero attached hydrogens (tertiary/aromatic N) is 1. The van der Waals surface area contributed by atoms with Crippen LogP contribution in [0.1, 0.15) is 5.76 Å². The van der Waals surface area contributed by atoms with Crippen LogP contribution in [0.2, 0.25) is 0 Å². The molecule has 0 spiro atoms. The first-order valence-corrected chi connectivity index (χ1v) is 4.83. The quantitative estimate of drug-likeness (QED) is 0.875. The molecule has 68 valence electrons. The van der Waals surface area contributed by atoms with E-state index in [1.807, 2.05) is 12.1 Å². The van der Waals surface area contributed by atoms with Gasteiger partial charge < -0.3 is 10.2 Å². The van der Waals surface area contributed by atoms with Crippen LogP contribution in [0.3, 0.4) is 0 Å². The van der Waals surface area contributed by atoms with Gasteiger partial charge in [0.1, 0.15) is 5.76 Å². The van der Waals surface area contributed by atoms with Crippen LogP contribution in [0.5, 0.6) is 0 Å². The number of fused-ring (bicyclic) bond motifs is 1. The van der Waals surface area contributed by atoms with Crippen molar-refractivity contribution >= 4 is 27.0 Å². The molecule has 0 bridgehead atoms. The Morgan fingerprint density at radius 3 is 3.08 bits per heavy atom. The molecule has 4 heteroatoms. The molecule has 3 nitrogen and oxygen atoms in total. The van der Waals surface area contributed by atoms with E-state index in [1.165, 1.54) is 0 Å². The average Bonchev–Trinajstić information content (AvgIpc) is 2.46. The Labute approximate surface area is 84.1 Å². The van der Waals surface area contributed by atoms with Crippen LogP contribution < -0.4 is 5.73 Å². The molecule has 2 N–H and O–H groups in total. The summed E-state index contributed by atoms with van der Waals surface area (Å²) in [5.74, 6) is 0.892. The molecule has 2 aromatic rings. The number of hydrogen-bond acceptors (Lipinski definition) is 3. The highest BCUT2D eigenvalue weighted by atomic mass is 79.9. The molecule has 0 aromatic carbocycles. The van der Waals surface area contributed by atoms with E-state index in [4.69, 9.17) is 10.2 Å². The molecule has 0 radical (unpaired) electrons. The summed E-state index contributed by atoms with van der Waals surface area (Å²) in [5, 5.41) is 1.01. The topological polar surface area (TPSA) is 52.0 Å². The lowest BCUT2D eigenvalue weighted by Gasteiger charge is -1.88. The van der Waals surface area contributed by atoms with Gasteiger partial charge in [0.15, 0.2) is 0 Å². The lowest BCUT2D eigenvalue weighted by Crippen LogP contribution is -2.01. The molecule has 2 aromatic heterocycles. The van der Waals surface area contributed by atoms with Crippen molar-refractivity contribution in [1.82, 2.24) is 4.98 Å². The second kappa shape index (κ2) is 3.47. The lowest BCUT2D eigenvalue weighted by atomic mass is 10.3. The van der Waals surface area contributed by atoms with E-state index in [1.54, 1.807) is 6.20 Å². The van der Waals surface area contributed by atoms with Crippen molar-refractivity contribution in [2.24, 2.45) is 5.73 Å². The van der Waals surface area contributed by atoms with E-state index in [9.17, 15) is 0 Å². The van der Waals surface area contributed by atoms with Gasteiger partial charge in [0, 0.05) is 22.5 Å². The molecule has 2 rings (SSSR count). The number of hydrogen-bond donors (Lipinski definition) is 1. The minimum atomic E-state index is 0.598. The molecule has 0 amide bonds. The summed E-state index contributed by atoms with van der Waals surface area (Å²) in [7, 11) is 0. The minimum absolute atomic E-state index is 0.598. The maximum absolute atomic E-state index is 5.45. The predicted molar refractivity (Wildman–Crippen MR) is 54.5 cm³/mol. The normalized spacial score (nSPS) is 10.9. The fourth-order valence-electron chi connectivity index (χ4n) is 1.22. The van der Waals surface area contributed by atoms with Crippen LogP contribution in [0.4, 0.5) is 0 Å². The first-order valence-electron chi connectivity index (χ1n) is 4.03. The third-order valence-electron chi connectivity index (χ3n) is 1.78. The van der Waals surface area contributed by atoms with Gasteiger partial charge in [0.25, 0.3) is 0 Å². The molecular formula is C9H9BrN2O. The number of nitrogens with two attached hydrogens (primary N) is 1. The number of furan rings is 1. The molecule has 0 saturated heterocycles. The van der Waals surface area contributed by atoms with Gasteiger partial charge in [-0.2, -0.15) is 0 Å². The summed E-state index contributed by atoms with van der Waals surface area (Å²) >= 11 is 3.35. The number of pyridine rings is 1. The third-order valence-corrected chi connectivity index (χ3v) is 2.21. The summed E-state index contributed by atoms with van der Waals surface area (Å²) in [5.41, 5.74) is 6.10. The molecule has 0 aliphatic heterocycles. The Morgan fingerprint density at radius 2 is 2.31 bits per heavy atom. The summed E-state index contributed by atoms with van der Waals surface area (Å²) in [6, 6.07) is 3.95. The Hall–Kier alpha value is -0.870. The molecule has 2 heterocycles. The van der Waals surface area contributed by atoms with Crippen molar-refractivity contribution < 1.29 is 4.42 Å². The van der Waals surface area contributed by atoms with Crippen molar-refractivity contribution in [3.05, 3.63) is 28.6 Å². The largest absolute Gasteiger partial charge is 0.443 e. The molecule has 0 unspecified atom stereocenters. The zero-order chi connectivity index (χ0) is 9.26. The first-order chi connectivity index (χ1) is 6.29. The predicted octanol–water partition coefficient (Wildman–Crippen LogP) is 2.09. The highest BCUT2D eigenvalue weighted by Crippen LogP contribution is 2.20. The zero-order valence-corrected chi connectivity index (χ0v) is 8.54. The van der Waals surface area contributed by atoms with E-state index in [0.29, 0.717) is 12.3 Å². The van der Waals surface area contributed by atoms with E-state index in [-0.39, 0.29) is 0 Å². The SMILES string of the molecule is NCCc1cc2cc(Br)cnc2o1. The van der Waals surface area contributed by atoms with Crippen LogP contribution in [0, 0.1) is 0 Å². The van der Waals surface area contributed by atoms with Crippen molar-refractivity contribution in [3.63, 3.8) is 0 Å². The Kier molecular flexibility index (Phi) is 2.33. The number of rotatable bonds is 2. The maximum Gasteiger partial charge on any atom is 0.226 e. The summed E-state index contributed by atoms with van der Waals surface area (Å²) in [4.78, 5) is 4.13. The molecule has 0 fully saturated rings. The van der Waals surface area contributed by atoms with Crippen LogP contribution in [0.15, 0.2) is 27.2 Å². The average molecular weight is 241 g/mol. The summed E-state index contributed by atoms with van der Waals surface area (Å²) in [6.07, 6.45) is 2.48. The fraction of sp³-hybridized carbons (Fsp3) is 0.222. The van der Waals surface area contributed by atoms with E-state index < -0.39 is 0 Å². The standard InChI is InChI=1S/C9H9BrN2O/c10-7-3-6-4-8(1-2-11)13-9(6)12-5-7/h3-5H,1-2,11H2. The summed E-state index contributed by atoms with van der Waals surface area (Å²) in [6.45, 7) is 0.598. The van der Waals surface area contributed by atoms with Gasteiger partial charge in [0.2, 0.25) is 5.71 Å². The van der Waals surface area contributed by atoms with E-state index in [2.05, 4.69) is 20.9 Å². The Morgan fingerprint density at radius 1 is 1.46 bits per heavy atom. The van der Waals surface area contributed by atoms with Gasteiger partial charge in [-0.15, -0.1) is 0 Å². The van der Waals surface area contributed by atoms with Gasteiger partial charge in [-0.25, -0.2) is 4.98 Å². The van der Waals surface area contributed by atoms with Crippen molar-refractivity contribution in [1.29, 1.82) is 0 Å². The van der Waals surface area contributed by atoms with Crippen LogP contribution in [-0.2, 0) is 6.42 Å². The number of aromatic nitrogens is 1. The van der Waals surface area contributed by atoms with Crippen LogP contribution in [-0.4, -0.2) is 11.5 Å². The Bertz CT molecular complexity index is 424. The highest BCUT2D eigenvalue weighted by Gasteiger charge is 2.03. The van der Waals surface area contributed by atoms with Crippen molar-refractivity contribution in [3.8, 4) is 0 Å². The minimum Gasteiger partial charge on any atom is -0.443 e. The molecule has 13 heavy (non-hydrogen) atoms. The van der Waals surface area contributed by atoms with Crippen molar-refractivity contribution in [2.45, 2.75) is 6.42 Å². The second-order valence-corrected chi connectivity index (χ2v) is 3.71. The van der Waals surface area contributed by atoms with Gasteiger partial charge in [-0.3, -0.25) is 0 Å². The van der Waals surface area contributed by atoms with Gasteiger partial charge in [-0.05, 0) is 34.6 Å². The Balaban J connectivity index is 2.49. The van der Waals surface area contributed by atoms with E-state index in [0.717, 1.165) is 22.0 Å². The lowest BCUT2D eigenvalue weighted by molar-refractivity contribution is 0.541. The fourth-order valence-corrected chi connectivity index (χ4v) is 1.57.